The van der Waals surface area contributed by atoms with Crippen LogP contribution in [0.25, 0.3) is 0 Å². The van der Waals surface area contributed by atoms with Gasteiger partial charge in [0.05, 0.1) is 0 Å². The van der Waals surface area contributed by atoms with E-state index in [0.717, 1.165) is 0 Å². The van der Waals surface area contributed by atoms with E-state index in [0.29, 0.717) is 41.4 Å². The van der Waals surface area contributed by atoms with Crippen LogP contribution in [0.3, 0.4) is 0 Å². The van der Waals surface area contributed by atoms with Crippen LogP contribution in [0.2, 0.25) is 0 Å². The van der Waals surface area contributed by atoms with Crippen molar-refractivity contribution in [1.29, 1.82) is 0 Å². The molecule has 0 aliphatic rings. The zero-order valence-corrected chi connectivity index (χ0v) is 28.2. The minimum Gasteiger partial charge on any atom is -0.412 e. The van der Waals surface area contributed by atoms with Crippen LogP contribution in [0.5, 0.6) is 0 Å². The van der Waals surface area contributed by atoms with Crippen molar-refractivity contribution in [3.05, 3.63) is 0 Å². The average Bonchev–Trinajstić information content (AvgIpc) is 2.45. The standard InChI is InChI=1S/4C4H9NS2.Mo.OS/c4*1-3(2)5-4(6)7;;1-2/h4*3H,1-2H3,(H2,5,6,7);;/q;;;;+4;/p-4. The second-order valence-corrected chi connectivity index (χ2v) is 10.6. The van der Waals surface area contributed by atoms with Crippen LogP contribution < -0.4 is 21.3 Å². The maximum Gasteiger partial charge on any atom is 4.00 e. The van der Waals surface area contributed by atoms with Crippen LogP contribution in [-0.2, 0) is 84.1 Å². The first-order valence-corrected chi connectivity index (χ1v) is 12.2. The smallest absolute Gasteiger partial charge is 0.412 e. The molecule has 0 atom stereocenters. The first-order valence-electron chi connectivity index (χ1n) is 8.57. The molecule has 0 aliphatic carbocycles. The Labute approximate surface area is 252 Å². The fraction of sp³-hybridized carbons (Fsp3) is 0.750. The summed E-state index contributed by atoms with van der Waals surface area (Å²) in [5, 5.41) is 11.4. The molecule has 0 unspecified atom stereocenters. The first kappa shape index (κ1) is 45.6. The zero-order valence-electron chi connectivity index (χ0n) is 18.8. The third-order valence-electron chi connectivity index (χ3n) is 1.63. The third kappa shape index (κ3) is 90.0. The van der Waals surface area contributed by atoms with E-state index in [1.807, 2.05) is 55.4 Å². The normalized spacial score (nSPS) is 8.26. The molecule has 182 valence electrons. The van der Waals surface area contributed by atoms with Crippen LogP contribution in [-0.4, -0.2) is 45.7 Å². The summed E-state index contributed by atoms with van der Waals surface area (Å²) in [5.41, 5.74) is 0. The maximum absolute atomic E-state index is 7.83. The minimum atomic E-state index is 0. The van der Waals surface area contributed by atoms with Gasteiger partial charge in [0, 0.05) is 24.2 Å². The topological polar surface area (TPSA) is 65.2 Å². The van der Waals surface area contributed by atoms with E-state index in [4.69, 9.17) is 4.21 Å². The van der Waals surface area contributed by atoms with Gasteiger partial charge in [-0.05, 0) is 55.4 Å². The first-order chi connectivity index (χ1) is 13.5. The Morgan fingerprint density at radius 2 is 0.581 bits per heavy atom. The SMILES string of the molecule is CC(C)NC(=S)[S-].CC(C)NC(=S)[S-].CC(C)NC(=S)[S-].CC(C)NC(=S)[S-].O=S.[Mo+4]. The quantitative estimate of drug-likeness (QED) is 0.200. The Morgan fingerprint density at radius 3 is 0.581 bits per heavy atom. The van der Waals surface area contributed by atoms with Gasteiger partial charge in [-0.2, -0.15) is 4.21 Å². The van der Waals surface area contributed by atoms with Crippen molar-refractivity contribution in [1.82, 2.24) is 21.3 Å². The minimum absolute atomic E-state index is 0. The van der Waals surface area contributed by atoms with Gasteiger partial charge in [-0.1, -0.05) is 17.3 Å². The molecular formula is C16H32MoN4OS9. The maximum atomic E-state index is 7.83. The molecule has 5 nitrogen and oxygen atoms in total. The van der Waals surface area contributed by atoms with E-state index in [1.54, 1.807) is 0 Å². The Bertz CT molecular complexity index is 388. The molecular weight excluding hydrogens is 649 g/mol. The summed E-state index contributed by atoms with van der Waals surface area (Å²) >= 11 is 39.4. The molecule has 0 aromatic heterocycles. The van der Waals surface area contributed by atoms with Gasteiger partial charge in [-0.3, -0.25) is 0 Å². The number of rotatable bonds is 4. The molecule has 0 bridgehead atoms. The predicted octanol–water partition coefficient (Wildman–Crippen LogP) is 2.93. The van der Waals surface area contributed by atoms with Crippen molar-refractivity contribution >= 4 is 129 Å². The Morgan fingerprint density at radius 1 is 0.484 bits per heavy atom. The van der Waals surface area contributed by atoms with Crippen molar-refractivity contribution in [2.75, 3.05) is 0 Å². The van der Waals surface area contributed by atoms with E-state index in [9.17, 15) is 0 Å². The van der Waals surface area contributed by atoms with Crippen molar-refractivity contribution in [3.8, 4) is 0 Å². The van der Waals surface area contributed by atoms with Gasteiger partial charge in [-0.25, -0.2) is 0 Å². The monoisotopic (exact) mass is 682 g/mol. The molecule has 0 rings (SSSR count). The van der Waals surface area contributed by atoms with Gasteiger partial charge in [0.15, 0.2) is 12.5 Å². The van der Waals surface area contributed by atoms with Crippen molar-refractivity contribution in [2.45, 2.75) is 79.6 Å². The fourth-order valence-electron chi connectivity index (χ4n) is 0.943. The summed E-state index contributed by atoms with van der Waals surface area (Å²) in [5.74, 6) is 0. The average molecular weight is 681 g/mol. The van der Waals surface area contributed by atoms with E-state index in [1.165, 1.54) is 0 Å². The summed E-state index contributed by atoms with van der Waals surface area (Å²) < 4.78 is 9.65. The molecule has 0 saturated carbocycles. The van der Waals surface area contributed by atoms with Gasteiger partial charge in [0.2, 0.25) is 0 Å². The van der Waals surface area contributed by atoms with E-state index >= 15 is 0 Å². The molecule has 0 radical (unpaired) electrons. The molecule has 0 aromatic rings. The van der Waals surface area contributed by atoms with Crippen LogP contribution in [0.15, 0.2) is 0 Å². The van der Waals surface area contributed by atoms with Crippen molar-refractivity contribution in [3.63, 3.8) is 0 Å². The molecule has 0 saturated heterocycles. The van der Waals surface area contributed by atoms with Gasteiger partial charge < -0.3 is 121 Å². The van der Waals surface area contributed by atoms with E-state index in [-0.39, 0.29) is 21.1 Å². The van der Waals surface area contributed by atoms with Crippen LogP contribution >= 0.6 is 48.9 Å². The van der Waals surface area contributed by atoms with Crippen LogP contribution in [0, 0.1) is 0 Å². The van der Waals surface area contributed by atoms with Crippen LogP contribution in [0.4, 0.5) is 0 Å². The Kier molecular flexibility index (Phi) is 49.0. The molecule has 0 aliphatic heterocycles. The van der Waals surface area contributed by atoms with Gasteiger partial charge >= 0.3 is 21.1 Å². The molecule has 0 amide bonds. The molecule has 4 N–H and O–H groups in total. The summed E-state index contributed by atoms with van der Waals surface area (Å²) in [6, 6.07) is 1.52. The zero-order chi connectivity index (χ0) is 25.4. The number of hydrogen-bond acceptors (Lipinski definition) is 10. The third-order valence-corrected chi connectivity index (χ3v) is 2.57. The van der Waals surface area contributed by atoms with E-state index < -0.39 is 0 Å². The fourth-order valence-corrected chi connectivity index (χ4v) is 2.83. The van der Waals surface area contributed by atoms with Gasteiger partial charge in [-0.15, -0.1) is 0 Å². The molecule has 0 aromatic carbocycles. The number of hydrogen-bond donors (Lipinski definition) is 4. The number of thiocarbonyl (C=S) groups is 4. The van der Waals surface area contributed by atoms with Crippen molar-refractivity contribution in [2.24, 2.45) is 0 Å². The van der Waals surface area contributed by atoms with Crippen LogP contribution in [0.1, 0.15) is 55.4 Å². The largest absolute Gasteiger partial charge is 4.00 e. The Hall–Kier alpha value is 1.15. The molecule has 15 heteroatoms. The summed E-state index contributed by atoms with van der Waals surface area (Å²) in [6.07, 6.45) is 0. The predicted molar refractivity (Wildman–Crippen MR) is 161 cm³/mol. The molecule has 0 heterocycles. The van der Waals surface area contributed by atoms with Gasteiger partial charge in [0.25, 0.3) is 0 Å². The second kappa shape index (κ2) is 33.3. The van der Waals surface area contributed by atoms with Crippen molar-refractivity contribution < 1.29 is 25.3 Å². The summed E-state index contributed by atoms with van der Waals surface area (Å²) in [7, 11) is 0. The molecule has 0 fully saturated rings. The summed E-state index contributed by atoms with van der Waals surface area (Å²) in [4.78, 5) is 0. The Balaban J connectivity index is -0.0000000647. The molecule has 31 heavy (non-hydrogen) atoms. The summed E-state index contributed by atoms with van der Waals surface area (Å²) in [6.45, 7) is 16.0. The van der Waals surface area contributed by atoms with E-state index in [2.05, 4.69) is 133 Å². The molecule has 0 spiro atoms. The van der Waals surface area contributed by atoms with Gasteiger partial charge in [0.1, 0.15) is 0 Å². The second-order valence-electron chi connectivity index (χ2n) is 6.35. The number of nitrogens with one attached hydrogen (secondary N) is 4.